The zero-order valence-corrected chi connectivity index (χ0v) is 24.5. The minimum Gasteiger partial charge on any atom is -0.480 e. The SMILES string of the molecule is CCOC(=O)[C@@]1(c2ccccc2)CC[C@H](C(=O)N2CCC(NC(=O)c3cccnc3OC)CC2)c2ccccc21.S. The van der Waals surface area contributed by atoms with Crippen LogP contribution in [0.1, 0.15) is 65.6 Å². The Morgan fingerprint density at radius 1 is 0.976 bits per heavy atom. The molecule has 0 bridgehead atoms. The van der Waals surface area contributed by atoms with Crippen molar-refractivity contribution in [2.24, 2.45) is 0 Å². The molecule has 1 saturated heterocycles. The smallest absolute Gasteiger partial charge is 0.321 e. The van der Waals surface area contributed by atoms with Gasteiger partial charge in [-0.05, 0) is 61.4 Å². The molecule has 2 amide bonds. The van der Waals surface area contributed by atoms with Crippen LogP contribution < -0.4 is 10.1 Å². The van der Waals surface area contributed by atoms with Gasteiger partial charge in [0.15, 0.2) is 0 Å². The third-order valence-electron chi connectivity index (χ3n) is 8.14. The number of ether oxygens (including phenoxy) is 2. The van der Waals surface area contributed by atoms with Crippen molar-refractivity contribution >= 4 is 31.3 Å². The fourth-order valence-electron chi connectivity index (χ4n) is 6.16. The Hall–Kier alpha value is -3.85. The normalized spacial score (nSPS) is 20.2. The number of nitrogens with zero attached hydrogens (tertiary/aromatic N) is 2. The average molecular weight is 576 g/mol. The second-order valence-corrected chi connectivity index (χ2v) is 10.3. The molecule has 41 heavy (non-hydrogen) atoms. The summed E-state index contributed by atoms with van der Waals surface area (Å²) in [6, 6.07) is 20.9. The summed E-state index contributed by atoms with van der Waals surface area (Å²) in [5, 5.41) is 3.07. The standard InChI is InChI=1S/C32H35N3O5.H2S/c1-3-40-31(38)32(22-10-5-4-6-11-22)18-15-25(24-12-7-8-14-27(24)32)30(37)35-20-16-23(17-21-35)34-28(36)26-13-9-19-33-29(26)39-2;/h4-14,19,23,25H,3,15-18,20-21H2,1-2H3,(H,34,36);1H2/t25-,32+;/m0./s1. The summed E-state index contributed by atoms with van der Waals surface area (Å²) in [5.41, 5.74) is 2.06. The van der Waals surface area contributed by atoms with Gasteiger partial charge >= 0.3 is 5.97 Å². The third-order valence-corrected chi connectivity index (χ3v) is 8.14. The van der Waals surface area contributed by atoms with Crippen LogP contribution in [0.4, 0.5) is 0 Å². The van der Waals surface area contributed by atoms with Gasteiger partial charge in [-0.15, -0.1) is 0 Å². The summed E-state index contributed by atoms with van der Waals surface area (Å²) in [7, 11) is 1.49. The molecule has 2 heterocycles. The zero-order valence-electron chi connectivity index (χ0n) is 23.5. The highest BCUT2D eigenvalue weighted by atomic mass is 32.1. The van der Waals surface area contributed by atoms with Gasteiger partial charge in [-0.1, -0.05) is 54.6 Å². The van der Waals surface area contributed by atoms with E-state index < -0.39 is 5.41 Å². The van der Waals surface area contributed by atoms with Crippen molar-refractivity contribution in [2.75, 3.05) is 26.8 Å². The molecule has 1 fully saturated rings. The summed E-state index contributed by atoms with van der Waals surface area (Å²) >= 11 is 0. The molecule has 1 aliphatic carbocycles. The van der Waals surface area contributed by atoms with Crippen LogP contribution >= 0.6 is 13.5 Å². The van der Waals surface area contributed by atoms with Crippen LogP contribution in [0.15, 0.2) is 72.9 Å². The van der Waals surface area contributed by atoms with Gasteiger partial charge < -0.3 is 19.7 Å². The van der Waals surface area contributed by atoms with E-state index in [0.717, 1.165) is 16.7 Å². The van der Waals surface area contributed by atoms with Crippen molar-refractivity contribution < 1.29 is 23.9 Å². The first-order chi connectivity index (χ1) is 19.5. The molecule has 5 rings (SSSR count). The van der Waals surface area contributed by atoms with E-state index in [1.165, 1.54) is 7.11 Å². The van der Waals surface area contributed by atoms with Gasteiger partial charge in [0.1, 0.15) is 11.0 Å². The highest BCUT2D eigenvalue weighted by molar-refractivity contribution is 7.59. The number of likely N-dealkylation sites (tertiary alicyclic amines) is 1. The number of methoxy groups -OCH3 is 1. The van der Waals surface area contributed by atoms with Gasteiger partial charge in [0.25, 0.3) is 5.91 Å². The predicted molar refractivity (Wildman–Crippen MR) is 161 cm³/mol. The van der Waals surface area contributed by atoms with Crippen molar-refractivity contribution in [3.8, 4) is 5.88 Å². The number of amides is 2. The fourth-order valence-corrected chi connectivity index (χ4v) is 6.16. The van der Waals surface area contributed by atoms with Gasteiger partial charge in [-0.25, -0.2) is 4.98 Å². The number of fused-ring (bicyclic) bond motifs is 1. The Bertz CT molecular complexity index is 1380. The van der Waals surface area contributed by atoms with Gasteiger partial charge in [-0.3, -0.25) is 14.4 Å². The lowest BCUT2D eigenvalue weighted by atomic mass is 9.63. The van der Waals surface area contributed by atoms with Gasteiger partial charge in [-0.2, -0.15) is 13.5 Å². The maximum atomic E-state index is 13.9. The molecule has 2 aliphatic rings. The number of piperidine rings is 1. The van der Waals surface area contributed by atoms with Crippen LogP contribution in [0.25, 0.3) is 0 Å². The van der Waals surface area contributed by atoms with E-state index in [2.05, 4.69) is 10.3 Å². The molecule has 0 spiro atoms. The van der Waals surface area contributed by atoms with Crippen LogP contribution in [0.5, 0.6) is 5.88 Å². The number of hydrogen-bond acceptors (Lipinski definition) is 6. The molecule has 9 heteroatoms. The van der Waals surface area contributed by atoms with Crippen LogP contribution in [-0.4, -0.2) is 60.5 Å². The first kappa shape index (κ1) is 30.1. The summed E-state index contributed by atoms with van der Waals surface area (Å²) in [6.07, 6.45) is 3.93. The molecule has 2 atom stereocenters. The number of rotatable bonds is 7. The van der Waals surface area contributed by atoms with E-state index in [4.69, 9.17) is 9.47 Å². The molecule has 8 nitrogen and oxygen atoms in total. The molecule has 0 unspecified atom stereocenters. The molecule has 1 N–H and O–H groups in total. The average Bonchev–Trinajstić information content (AvgIpc) is 3.01. The largest absolute Gasteiger partial charge is 0.480 e. The summed E-state index contributed by atoms with van der Waals surface area (Å²) in [6.45, 7) is 3.20. The van der Waals surface area contributed by atoms with Crippen molar-refractivity contribution in [1.82, 2.24) is 15.2 Å². The van der Waals surface area contributed by atoms with E-state index in [-0.39, 0.29) is 55.7 Å². The zero-order chi connectivity index (χ0) is 28.1. The number of esters is 1. The molecular weight excluding hydrogens is 538 g/mol. The van der Waals surface area contributed by atoms with E-state index >= 15 is 0 Å². The van der Waals surface area contributed by atoms with Crippen LogP contribution in [0, 0.1) is 0 Å². The number of aromatic nitrogens is 1. The minimum absolute atomic E-state index is 0. The number of nitrogens with one attached hydrogen (secondary N) is 1. The molecule has 1 aromatic heterocycles. The monoisotopic (exact) mass is 575 g/mol. The van der Waals surface area contributed by atoms with Crippen LogP contribution in [0.3, 0.4) is 0 Å². The van der Waals surface area contributed by atoms with E-state index in [9.17, 15) is 14.4 Å². The second-order valence-electron chi connectivity index (χ2n) is 10.3. The Morgan fingerprint density at radius 2 is 1.68 bits per heavy atom. The molecule has 0 radical (unpaired) electrons. The summed E-state index contributed by atoms with van der Waals surface area (Å²) < 4.78 is 10.8. The molecule has 1 aliphatic heterocycles. The number of carbonyl (C=O) groups excluding carboxylic acids is 3. The third kappa shape index (κ3) is 5.81. The van der Waals surface area contributed by atoms with Crippen molar-refractivity contribution in [1.29, 1.82) is 0 Å². The first-order valence-corrected chi connectivity index (χ1v) is 13.9. The lowest BCUT2D eigenvalue weighted by Crippen LogP contribution is -2.49. The maximum absolute atomic E-state index is 13.9. The maximum Gasteiger partial charge on any atom is 0.321 e. The highest BCUT2D eigenvalue weighted by Gasteiger charge is 2.50. The fraction of sp³-hybridized carbons (Fsp3) is 0.375. The number of benzene rings is 2. The number of pyridine rings is 1. The van der Waals surface area contributed by atoms with Crippen molar-refractivity contribution in [2.45, 2.75) is 50.0 Å². The van der Waals surface area contributed by atoms with Crippen molar-refractivity contribution in [3.63, 3.8) is 0 Å². The molecule has 0 saturated carbocycles. The Balaban J connectivity index is 0.00000387. The number of carbonyl (C=O) groups is 3. The quantitative estimate of drug-likeness (QED) is 0.421. The molecule has 216 valence electrons. The van der Waals surface area contributed by atoms with E-state index in [1.54, 1.807) is 18.3 Å². The van der Waals surface area contributed by atoms with Gasteiger partial charge in [0.2, 0.25) is 11.8 Å². The van der Waals surface area contributed by atoms with Crippen LogP contribution in [-0.2, 0) is 19.7 Å². The number of hydrogen-bond donors (Lipinski definition) is 1. The van der Waals surface area contributed by atoms with Crippen LogP contribution in [0.2, 0.25) is 0 Å². The first-order valence-electron chi connectivity index (χ1n) is 13.9. The van der Waals surface area contributed by atoms with Crippen molar-refractivity contribution in [3.05, 3.63) is 95.2 Å². The highest BCUT2D eigenvalue weighted by Crippen LogP contribution is 2.48. The lowest BCUT2D eigenvalue weighted by molar-refractivity contribution is -0.149. The lowest BCUT2D eigenvalue weighted by Gasteiger charge is -2.42. The Labute approximate surface area is 247 Å². The Kier molecular flexibility index (Phi) is 9.70. The molecular formula is C32H37N3O5S. The topological polar surface area (TPSA) is 97.8 Å². The summed E-state index contributed by atoms with van der Waals surface area (Å²) in [4.78, 5) is 46.3. The second kappa shape index (κ2) is 13.2. The van der Waals surface area contributed by atoms with Gasteiger partial charge in [0.05, 0.1) is 19.6 Å². The summed E-state index contributed by atoms with van der Waals surface area (Å²) in [5.74, 6) is -0.489. The van der Waals surface area contributed by atoms with Gasteiger partial charge in [0, 0.05) is 25.3 Å². The minimum atomic E-state index is -0.949. The molecule has 2 aromatic carbocycles. The Morgan fingerprint density at radius 3 is 2.39 bits per heavy atom. The molecule has 3 aromatic rings. The predicted octanol–water partition coefficient (Wildman–Crippen LogP) is 4.35. The van der Waals surface area contributed by atoms with E-state index in [0.29, 0.717) is 44.3 Å². The van der Waals surface area contributed by atoms with E-state index in [1.807, 2.05) is 66.4 Å².